The monoisotopic (exact) mass is 223 g/mol. The Balaban J connectivity index is 1.78. The maximum Gasteiger partial charge on any atom is 0.121 e. The second-order valence-electron chi connectivity index (χ2n) is 6.22. The highest BCUT2D eigenvalue weighted by Gasteiger charge is 2.51. The topological polar surface area (TPSA) is 23.8 Å². The van der Waals surface area contributed by atoms with Crippen LogP contribution in [0.5, 0.6) is 0 Å². The van der Waals surface area contributed by atoms with Crippen molar-refractivity contribution in [1.29, 1.82) is 5.26 Å². The van der Waals surface area contributed by atoms with Gasteiger partial charge in [-0.2, -0.15) is 5.26 Å². The Kier molecular flexibility index (Phi) is 2.25. The number of rotatable bonds is 2. The molecule has 0 heterocycles. The molecule has 4 rings (SSSR count). The van der Waals surface area contributed by atoms with Gasteiger partial charge >= 0.3 is 0 Å². The summed E-state index contributed by atoms with van der Waals surface area (Å²) in [6.07, 6.45) is 9.46. The van der Waals surface area contributed by atoms with E-state index in [2.05, 4.69) is 6.07 Å². The predicted molar refractivity (Wildman–Crippen MR) is 60.5 cm³/mol. The molecule has 4 aliphatic carbocycles. The Hall–Kier alpha value is -0.220. The fraction of sp³-hybridized carbons (Fsp3) is 0.923. The van der Waals surface area contributed by atoms with Crippen LogP contribution in [0.2, 0.25) is 0 Å². The molecule has 15 heavy (non-hydrogen) atoms. The van der Waals surface area contributed by atoms with E-state index in [-0.39, 0.29) is 5.38 Å². The second-order valence-corrected chi connectivity index (χ2v) is 6.75. The van der Waals surface area contributed by atoms with Gasteiger partial charge in [-0.05, 0) is 68.1 Å². The number of alkyl halides is 1. The van der Waals surface area contributed by atoms with E-state index in [1.807, 2.05) is 0 Å². The normalized spacial score (nSPS) is 48.9. The summed E-state index contributed by atoms with van der Waals surface area (Å²) in [5, 5.41) is 8.61. The van der Waals surface area contributed by atoms with Crippen LogP contribution in [0, 0.1) is 34.5 Å². The third-order valence-electron chi connectivity index (χ3n) is 4.92. The number of halogens is 1. The van der Waals surface area contributed by atoms with Crippen molar-refractivity contribution in [2.45, 2.75) is 50.3 Å². The SMILES string of the molecule is N#CC(Cl)CC12CC3CC(CC(C3)C1)C2. The smallest absolute Gasteiger partial charge is 0.121 e. The predicted octanol–water partition coefficient (Wildman–Crippen LogP) is 3.72. The number of hydrogen-bond donors (Lipinski definition) is 0. The van der Waals surface area contributed by atoms with Gasteiger partial charge < -0.3 is 0 Å². The average Bonchev–Trinajstić information content (AvgIpc) is 2.14. The third kappa shape index (κ3) is 1.68. The molecule has 0 aliphatic heterocycles. The summed E-state index contributed by atoms with van der Waals surface area (Å²) >= 11 is 6.04. The Bertz CT molecular complexity index is 269. The summed E-state index contributed by atoms with van der Waals surface area (Å²) in [5.74, 6) is 2.91. The van der Waals surface area contributed by atoms with Gasteiger partial charge in [0.2, 0.25) is 0 Å². The fourth-order valence-electron chi connectivity index (χ4n) is 4.97. The Morgan fingerprint density at radius 3 is 2.00 bits per heavy atom. The zero-order chi connectivity index (χ0) is 10.5. The zero-order valence-electron chi connectivity index (χ0n) is 9.08. The van der Waals surface area contributed by atoms with E-state index >= 15 is 0 Å². The summed E-state index contributed by atoms with van der Waals surface area (Å²) in [6.45, 7) is 0. The summed E-state index contributed by atoms with van der Waals surface area (Å²) in [7, 11) is 0. The van der Waals surface area contributed by atoms with E-state index < -0.39 is 0 Å². The minimum Gasteiger partial charge on any atom is -0.197 e. The van der Waals surface area contributed by atoms with Crippen molar-refractivity contribution in [1.82, 2.24) is 0 Å². The molecule has 1 nitrogen and oxygen atoms in total. The molecule has 0 aromatic rings. The van der Waals surface area contributed by atoms with E-state index in [1.54, 1.807) is 0 Å². The zero-order valence-corrected chi connectivity index (χ0v) is 9.84. The van der Waals surface area contributed by atoms with Crippen LogP contribution < -0.4 is 0 Å². The molecule has 4 saturated carbocycles. The lowest BCUT2D eigenvalue weighted by Gasteiger charge is -2.57. The van der Waals surface area contributed by atoms with Gasteiger partial charge in [-0.1, -0.05) is 0 Å². The van der Waals surface area contributed by atoms with E-state index in [0.29, 0.717) is 5.41 Å². The molecule has 4 bridgehead atoms. The minimum absolute atomic E-state index is 0.249. The fourth-order valence-corrected chi connectivity index (χ4v) is 5.29. The van der Waals surface area contributed by atoms with Gasteiger partial charge in [0.15, 0.2) is 0 Å². The minimum atomic E-state index is -0.249. The molecule has 0 saturated heterocycles. The van der Waals surface area contributed by atoms with Crippen LogP contribution in [0.15, 0.2) is 0 Å². The molecular formula is C13H18ClN. The first-order chi connectivity index (χ1) is 7.19. The molecular weight excluding hydrogens is 206 g/mol. The van der Waals surface area contributed by atoms with Crippen molar-refractivity contribution in [2.24, 2.45) is 23.2 Å². The molecule has 4 aliphatic rings. The maximum atomic E-state index is 8.85. The number of nitrogens with zero attached hydrogens (tertiary/aromatic N) is 1. The lowest BCUT2D eigenvalue weighted by molar-refractivity contribution is -0.0559. The highest BCUT2D eigenvalue weighted by molar-refractivity contribution is 6.22. The van der Waals surface area contributed by atoms with E-state index in [9.17, 15) is 0 Å². The Morgan fingerprint density at radius 1 is 1.13 bits per heavy atom. The largest absolute Gasteiger partial charge is 0.197 e. The van der Waals surface area contributed by atoms with Gasteiger partial charge in [0, 0.05) is 0 Å². The van der Waals surface area contributed by atoms with Gasteiger partial charge in [0.1, 0.15) is 5.38 Å². The van der Waals surface area contributed by atoms with Gasteiger partial charge in [-0.15, -0.1) is 11.6 Å². The van der Waals surface area contributed by atoms with Gasteiger partial charge in [-0.25, -0.2) is 0 Å². The average molecular weight is 224 g/mol. The summed E-state index contributed by atoms with van der Waals surface area (Å²) in [4.78, 5) is 0. The van der Waals surface area contributed by atoms with Crippen LogP contribution in [0.25, 0.3) is 0 Å². The van der Waals surface area contributed by atoms with Crippen molar-refractivity contribution in [3.05, 3.63) is 0 Å². The van der Waals surface area contributed by atoms with Gasteiger partial charge in [-0.3, -0.25) is 0 Å². The first-order valence-corrected chi connectivity index (χ1v) is 6.66. The van der Waals surface area contributed by atoms with Crippen LogP contribution in [-0.4, -0.2) is 5.38 Å². The number of hydrogen-bond acceptors (Lipinski definition) is 1. The Labute approximate surface area is 96.8 Å². The first-order valence-electron chi connectivity index (χ1n) is 6.23. The van der Waals surface area contributed by atoms with E-state index in [1.165, 1.54) is 38.5 Å². The highest BCUT2D eigenvalue weighted by Crippen LogP contribution is 2.61. The lowest BCUT2D eigenvalue weighted by Crippen LogP contribution is -2.46. The van der Waals surface area contributed by atoms with Crippen molar-refractivity contribution in [3.63, 3.8) is 0 Å². The molecule has 0 aromatic heterocycles. The van der Waals surface area contributed by atoms with Crippen LogP contribution >= 0.6 is 11.6 Å². The molecule has 2 heteroatoms. The van der Waals surface area contributed by atoms with E-state index in [4.69, 9.17) is 16.9 Å². The van der Waals surface area contributed by atoms with Crippen molar-refractivity contribution in [3.8, 4) is 6.07 Å². The molecule has 0 amide bonds. The second kappa shape index (κ2) is 3.39. The van der Waals surface area contributed by atoms with Crippen LogP contribution in [0.4, 0.5) is 0 Å². The lowest BCUT2D eigenvalue weighted by atomic mass is 9.48. The first kappa shape index (κ1) is 9.97. The molecule has 0 N–H and O–H groups in total. The highest BCUT2D eigenvalue weighted by atomic mass is 35.5. The molecule has 4 fully saturated rings. The molecule has 82 valence electrons. The van der Waals surface area contributed by atoms with Crippen molar-refractivity contribution < 1.29 is 0 Å². The molecule has 0 aromatic carbocycles. The van der Waals surface area contributed by atoms with Crippen LogP contribution in [-0.2, 0) is 0 Å². The summed E-state index contributed by atoms with van der Waals surface area (Å²) in [6, 6.07) is 2.21. The summed E-state index contributed by atoms with van der Waals surface area (Å²) < 4.78 is 0. The van der Waals surface area contributed by atoms with Crippen molar-refractivity contribution in [2.75, 3.05) is 0 Å². The Morgan fingerprint density at radius 2 is 1.60 bits per heavy atom. The van der Waals surface area contributed by atoms with Gasteiger partial charge in [0.25, 0.3) is 0 Å². The van der Waals surface area contributed by atoms with Crippen molar-refractivity contribution >= 4 is 11.6 Å². The molecule has 1 atom stereocenters. The van der Waals surface area contributed by atoms with Crippen LogP contribution in [0.3, 0.4) is 0 Å². The molecule has 0 radical (unpaired) electrons. The maximum absolute atomic E-state index is 8.85. The standard InChI is InChI=1S/C13H18ClN/c14-12(8-15)7-13-4-9-1-10(5-13)3-11(2-9)6-13/h9-12H,1-7H2. The molecule has 0 spiro atoms. The van der Waals surface area contributed by atoms with E-state index in [0.717, 1.165) is 24.2 Å². The molecule has 1 unspecified atom stereocenters. The summed E-state index contributed by atoms with van der Waals surface area (Å²) in [5.41, 5.74) is 0.469. The van der Waals surface area contributed by atoms with Gasteiger partial charge in [0.05, 0.1) is 6.07 Å². The quantitative estimate of drug-likeness (QED) is 0.655. The van der Waals surface area contributed by atoms with Crippen LogP contribution in [0.1, 0.15) is 44.9 Å². The third-order valence-corrected chi connectivity index (χ3v) is 5.17. The number of nitriles is 1.